The smallest absolute Gasteiger partial charge is 0.0647 e. The molecule has 0 aromatic heterocycles. The molecule has 0 heterocycles. The van der Waals surface area contributed by atoms with Gasteiger partial charge in [0.15, 0.2) is 0 Å². The Hall–Kier alpha value is -0.340. The second kappa shape index (κ2) is 5.13. The highest BCUT2D eigenvalue weighted by Crippen LogP contribution is 2.48. The Labute approximate surface area is 92.9 Å². The second-order valence-electron chi connectivity index (χ2n) is 4.94. The number of fused-ring (bicyclic) bond motifs is 2. The summed E-state index contributed by atoms with van der Waals surface area (Å²) in [5.74, 6) is 2.50. The maximum Gasteiger partial charge on any atom is 0.0647 e. The Morgan fingerprint density at radius 1 is 1.27 bits per heavy atom. The summed E-state index contributed by atoms with van der Waals surface area (Å²) in [5, 5.41) is 0. The van der Waals surface area contributed by atoms with Crippen molar-refractivity contribution >= 4 is 0 Å². The molecule has 0 aromatic carbocycles. The number of allylic oxidation sites excluding steroid dienone is 1. The van der Waals surface area contributed by atoms with Gasteiger partial charge in [0.1, 0.15) is 0 Å². The van der Waals surface area contributed by atoms with Crippen LogP contribution in [-0.4, -0.2) is 19.3 Å². The van der Waals surface area contributed by atoms with Crippen LogP contribution in [0.15, 0.2) is 12.2 Å². The molecule has 2 heteroatoms. The first-order chi connectivity index (χ1) is 7.33. The lowest BCUT2D eigenvalue weighted by atomic mass is 9.83. The minimum atomic E-state index is 0.473. The van der Waals surface area contributed by atoms with Crippen molar-refractivity contribution in [3.8, 4) is 0 Å². The van der Waals surface area contributed by atoms with Crippen LogP contribution < -0.4 is 5.73 Å². The van der Waals surface area contributed by atoms with Gasteiger partial charge in [-0.15, -0.1) is 0 Å². The van der Waals surface area contributed by atoms with Crippen molar-refractivity contribution in [3.05, 3.63) is 12.2 Å². The molecule has 15 heavy (non-hydrogen) atoms. The van der Waals surface area contributed by atoms with Crippen LogP contribution in [0.25, 0.3) is 0 Å². The highest BCUT2D eigenvalue weighted by Gasteiger charge is 2.44. The Balaban J connectivity index is 1.73. The zero-order valence-electron chi connectivity index (χ0n) is 9.69. The fourth-order valence-electron chi connectivity index (χ4n) is 3.31. The van der Waals surface area contributed by atoms with E-state index in [9.17, 15) is 0 Å². The molecule has 2 fully saturated rings. The van der Waals surface area contributed by atoms with Crippen LogP contribution in [-0.2, 0) is 4.74 Å². The molecule has 2 bridgehead atoms. The van der Waals surface area contributed by atoms with Crippen LogP contribution in [0.5, 0.6) is 0 Å². The maximum absolute atomic E-state index is 6.24. The van der Waals surface area contributed by atoms with Crippen molar-refractivity contribution in [3.63, 3.8) is 0 Å². The standard InChI is InChI=1S/C13H23NO/c1-2-15-8-4-3-5-12-10-6-7-11(9-10)13(12)14/h3-4,10-13H,2,5-9,14H2,1H3/b4-3+. The lowest BCUT2D eigenvalue weighted by Gasteiger charge is -2.26. The van der Waals surface area contributed by atoms with Crippen LogP contribution in [0.3, 0.4) is 0 Å². The zero-order valence-corrected chi connectivity index (χ0v) is 9.69. The van der Waals surface area contributed by atoms with Crippen LogP contribution in [0, 0.1) is 17.8 Å². The number of rotatable bonds is 5. The number of nitrogens with two attached hydrogens (primary N) is 1. The molecule has 0 radical (unpaired) electrons. The van der Waals surface area contributed by atoms with E-state index in [-0.39, 0.29) is 0 Å². The fourth-order valence-corrected chi connectivity index (χ4v) is 3.31. The summed E-state index contributed by atoms with van der Waals surface area (Å²) in [6.07, 6.45) is 9.76. The summed E-state index contributed by atoms with van der Waals surface area (Å²) >= 11 is 0. The number of hydrogen-bond donors (Lipinski definition) is 1. The van der Waals surface area contributed by atoms with Gasteiger partial charge in [0.25, 0.3) is 0 Å². The van der Waals surface area contributed by atoms with Gasteiger partial charge in [-0.1, -0.05) is 12.2 Å². The normalized spacial score (nSPS) is 39.3. The van der Waals surface area contributed by atoms with Gasteiger partial charge in [-0.3, -0.25) is 0 Å². The lowest BCUT2D eigenvalue weighted by Crippen LogP contribution is -2.35. The molecule has 86 valence electrons. The molecule has 0 amide bonds. The molecule has 2 aliphatic carbocycles. The van der Waals surface area contributed by atoms with Gasteiger partial charge in [-0.2, -0.15) is 0 Å². The Kier molecular flexibility index (Phi) is 3.81. The fraction of sp³-hybridized carbons (Fsp3) is 0.846. The van der Waals surface area contributed by atoms with Crippen LogP contribution in [0.2, 0.25) is 0 Å². The topological polar surface area (TPSA) is 35.2 Å². The molecular formula is C13H23NO. The van der Waals surface area contributed by atoms with E-state index in [1.165, 1.54) is 19.3 Å². The molecule has 2 N–H and O–H groups in total. The Morgan fingerprint density at radius 3 is 2.73 bits per heavy atom. The molecule has 0 saturated heterocycles. The summed E-state index contributed by atoms with van der Waals surface area (Å²) in [5.41, 5.74) is 6.24. The predicted molar refractivity (Wildman–Crippen MR) is 62.5 cm³/mol. The minimum absolute atomic E-state index is 0.473. The SMILES string of the molecule is CCOC/C=C/CC1C2CCC(C2)C1N. The van der Waals surface area contributed by atoms with E-state index in [0.717, 1.165) is 37.4 Å². The minimum Gasteiger partial charge on any atom is -0.378 e. The predicted octanol–water partition coefficient (Wildman–Crippen LogP) is 2.34. The van der Waals surface area contributed by atoms with E-state index in [1.54, 1.807) is 0 Å². The van der Waals surface area contributed by atoms with Crippen molar-refractivity contribution in [1.29, 1.82) is 0 Å². The van der Waals surface area contributed by atoms with Crippen LogP contribution in [0.4, 0.5) is 0 Å². The first-order valence-electron chi connectivity index (χ1n) is 6.31. The summed E-state index contributed by atoms with van der Waals surface area (Å²) < 4.78 is 5.27. The van der Waals surface area contributed by atoms with Gasteiger partial charge in [0.2, 0.25) is 0 Å². The third-order valence-corrected chi connectivity index (χ3v) is 4.15. The van der Waals surface area contributed by atoms with Gasteiger partial charge in [0.05, 0.1) is 6.61 Å². The zero-order chi connectivity index (χ0) is 10.7. The monoisotopic (exact) mass is 209 g/mol. The van der Waals surface area contributed by atoms with E-state index in [4.69, 9.17) is 10.5 Å². The maximum atomic E-state index is 6.24. The van der Waals surface area contributed by atoms with E-state index < -0.39 is 0 Å². The highest BCUT2D eigenvalue weighted by atomic mass is 16.5. The highest BCUT2D eigenvalue weighted by molar-refractivity contribution is 5.01. The summed E-state index contributed by atoms with van der Waals surface area (Å²) in [4.78, 5) is 0. The third kappa shape index (κ3) is 2.43. The number of ether oxygens (including phenoxy) is 1. The van der Waals surface area contributed by atoms with Gasteiger partial charge in [-0.05, 0) is 50.4 Å². The van der Waals surface area contributed by atoms with Crippen molar-refractivity contribution in [2.45, 2.75) is 38.6 Å². The van der Waals surface area contributed by atoms with Gasteiger partial charge >= 0.3 is 0 Å². The average molecular weight is 209 g/mol. The third-order valence-electron chi connectivity index (χ3n) is 4.15. The molecule has 0 aromatic rings. The molecule has 4 unspecified atom stereocenters. The first-order valence-corrected chi connectivity index (χ1v) is 6.31. The van der Waals surface area contributed by atoms with E-state index in [0.29, 0.717) is 6.04 Å². The van der Waals surface area contributed by atoms with Crippen LogP contribution >= 0.6 is 0 Å². The molecule has 0 spiro atoms. The molecule has 4 atom stereocenters. The van der Waals surface area contributed by atoms with Gasteiger partial charge in [-0.25, -0.2) is 0 Å². The molecule has 2 rings (SSSR count). The quantitative estimate of drug-likeness (QED) is 0.557. The van der Waals surface area contributed by atoms with Crippen molar-refractivity contribution in [1.82, 2.24) is 0 Å². The molecule has 0 aliphatic heterocycles. The van der Waals surface area contributed by atoms with E-state index in [2.05, 4.69) is 12.2 Å². The largest absolute Gasteiger partial charge is 0.378 e. The summed E-state index contributed by atoms with van der Waals surface area (Å²) in [7, 11) is 0. The molecule has 2 aliphatic rings. The molecule has 2 saturated carbocycles. The van der Waals surface area contributed by atoms with E-state index >= 15 is 0 Å². The Bertz CT molecular complexity index is 225. The summed E-state index contributed by atoms with van der Waals surface area (Å²) in [6, 6.07) is 0.473. The van der Waals surface area contributed by atoms with Crippen molar-refractivity contribution < 1.29 is 4.74 Å². The second-order valence-corrected chi connectivity index (χ2v) is 4.94. The first kappa shape index (κ1) is 11.2. The number of hydrogen-bond acceptors (Lipinski definition) is 2. The Morgan fingerprint density at radius 2 is 2.07 bits per heavy atom. The van der Waals surface area contributed by atoms with Crippen LogP contribution in [0.1, 0.15) is 32.6 Å². The average Bonchev–Trinajstić information content (AvgIpc) is 2.80. The molecular weight excluding hydrogens is 186 g/mol. The van der Waals surface area contributed by atoms with Gasteiger partial charge in [0, 0.05) is 12.6 Å². The summed E-state index contributed by atoms with van der Waals surface area (Å²) in [6.45, 7) is 3.59. The van der Waals surface area contributed by atoms with E-state index in [1.807, 2.05) is 6.92 Å². The molecule has 2 nitrogen and oxygen atoms in total. The van der Waals surface area contributed by atoms with Crippen molar-refractivity contribution in [2.24, 2.45) is 23.5 Å². The lowest BCUT2D eigenvalue weighted by molar-refractivity contribution is 0.177. The van der Waals surface area contributed by atoms with Crippen molar-refractivity contribution in [2.75, 3.05) is 13.2 Å². The van der Waals surface area contributed by atoms with Gasteiger partial charge < -0.3 is 10.5 Å².